The number of nitrogens with zero attached hydrogens (tertiary/aromatic N) is 1. The summed E-state index contributed by atoms with van der Waals surface area (Å²) in [5.74, 6) is -0.0414. The highest BCUT2D eigenvalue weighted by Gasteiger charge is 2.20. The van der Waals surface area contributed by atoms with Crippen molar-refractivity contribution in [3.05, 3.63) is 27.1 Å². The Morgan fingerprint density at radius 2 is 2.26 bits per heavy atom. The molecule has 2 N–H and O–H groups in total. The van der Waals surface area contributed by atoms with Gasteiger partial charge in [0.25, 0.3) is 5.56 Å². The first kappa shape index (κ1) is 16.2. The molecule has 7 heteroatoms. The Labute approximate surface area is 126 Å². The number of nitrogens with one attached hydrogen (secondary N) is 2. The maximum atomic E-state index is 12.0. The minimum Gasteiger partial charge on any atom is -0.323 e. The van der Waals surface area contributed by atoms with Crippen molar-refractivity contribution in [2.75, 3.05) is 11.9 Å². The third kappa shape index (κ3) is 4.06. The van der Waals surface area contributed by atoms with Crippen LogP contribution in [-0.4, -0.2) is 23.1 Å². The van der Waals surface area contributed by atoms with Crippen molar-refractivity contribution in [1.29, 1.82) is 0 Å². The van der Waals surface area contributed by atoms with Gasteiger partial charge in [0, 0.05) is 13.2 Å². The van der Waals surface area contributed by atoms with Gasteiger partial charge in [-0.15, -0.1) is 12.4 Å². The van der Waals surface area contributed by atoms with Crippen molar-refractivity contribution in [3.8, 4) is 0 Å². The molecule has 5 nitrogen and oxygen atoms in total. The molecule has 0 aliphatic carbocycles. The molecule has 19 heavy (non-hydrogen) atoms. The van der Waals surface area contributed by atoms with Gasteiger partial charge in [0.2, 0.25) is 5.91 Å². The second kappa shape index (κ2) is 7.07. The molecule has 0 aromatic carbocycles. The quantitative estimate of drug-likeness (QED) is 0.852. The van der Waals surface area contributed by atoms with Gasteiger partial charge in [-0.2, -0.15) is 0 Å². The first-order valence-electron chi connectivity index (χ1n) is 5.98. The van der Waals surface area contributed by atoms with Crippen LogP contribution in [0.2, 0.25) is 0 Å². The molecule has 0 spiro atoms. The Morgan fingerprint density at radius 3 is 2.84 bits per heavy atom. The SMILES string of the molecule is Cl.Cn1cc(NC(=O)C2CCCCN2)cc(Br)c1=O. The van der Waals surface area contributed by atoms with Crippen LogP contribution >= 0.6 is 28.3 Å². The van der Waals surface area contributed by atoms with Gasteiger partial charge in [0.1, 0.15) is 0 Å². The number of amides is 1. The Morgan fingerprint density at radius 1 is 1.53 bits per heavy atom. The molecule has 1 unspecified atom stereocenters. The molecule has 0 saturated carbocycles. The van der Waals surface area contributed by atoms with Gasteiger partial charge in [-0.05, 0) is 41.4 Å². The molecule has 1 saturated heterocycles. The van der Waals surface area contributed by atoms with Crippen molar-refractivity contribution >= 4 is 39.9 Å². The van der Waals surface area contributed by atoms with E-state index in [0.29, 0.717) is 10.2 Å². The fraction of sp³-hybridized carbons (Fsp3) is 0.500. The van der Waals surface area contributed by atoms with Crippen LogP contribution < -0.4 is 16.2 Å². The number of carbonyl (C=O) groups excluding carboxylic acids is 1. The lowest BCUT2D eigenvalue weighted by Gasteiger charge is -2.22. The number of halogens is 2. The predicted molar refractivity (Wildman–Crippen MR) is 80.9 cm³/mol. The van der Waals surface area contributed by atoms with E-state index in [1.165, 1.54) is 4.57 Å². The van der Waals surface area contributed by atoms with E-state index in [0.717, 1.165) is 25.8 Å². The number of piperidine rings is 1. The largest absolute Gasteiger partial charge is 0.323 e. The molecule has 0 bridgehead atoms. The summed E-state index contributed by atoms with van der Waals surface area (Å²) >= 11 is 3.18. The van der Waals surface area contributed by atoms with Gasteiger partial charge in [-0.3, -0.25) is 9.59 Å². The standard InChI is InChI=1S/C12H16BrN3O2.ClH/c1-16-7-8(6-9(13)12(16)18)15-11(17)10-4-2-3-5-14-10;/h6-7,10,14H,2-5H2,1H3,(H,15,17);1H. The highest BCUT2D eigenvalue weighted by molar-refractivity contribution is 9.10. The number of hydrogen-bond donors (Lipinski definition) is 2. The summed E-state index contributed by atoms with van der Waals surface area (Å²) in [5, 5.41) is 6.02. The second-order valence-electron chi connectivity index (χ2n) is 4.48. The average Bonchev–Trinajstić information content (AvgIpc) is 2.37. The van der Waals surface area contributed by atoms with E-state index < -0.39 is 0 Å². The van der Waals surface area contributed by atoms with E-state index in [-0.39, 0.29) is 29.9 Å². The van der Waals surface area contributed by atoms with Crippen LogP contribution in [0.15, 0.2) is 21.5 Å². The summed E-state index contributed by atoms with van der Waals surface area (Å²) in [4.78, 5) is 23.5. The van der Waals surface area contributed by atoms with E-state index >= 15 is 0 Å². The van der Waals surface area contributed by atoms with E-state index in [9.17, 15) is 9.59 Å². The number of aromatic nitrogens is 1. The number of hydrogen-bond acceptors (Lipinski definition) is 3. The third-order valence-electron chi connectivity index (χ3n) is 3.03. The topological polar surface area (TPSA) is 63.1 Å². The minimum absolute atomic E-state index is 0. The smallest absolute Gasteiger partial charge is 0.264 e. The molecule has 1 atom stereocenters. The van der Waals surface area contributed by atoms with E-state index in [1.807, 2.05) is 0 Å². The maximum Gasteiger partial charge on any atom is 0.264 e. The lowest BCUT2D eigenvalue weighted by molar-refractivity contribution is -0.118. The molecule has 106 valence electrons. The van der Waals surface area contributed by atoms with Crippen LogP contribution in [-0.2, 0) is 11.8 Å². The number of rotatable bonds is 2. The van der Waals surface area contributed by atoms with Crippen LogP contribution in [0.4, 0.5) is 5.69 Å². The van der Waals surface area contributed by atoms with Crippen molar-refractivity contribution in [2.45, 2.75) is 25.3 Å². The molecule has 1 amide bonds. The van der Waals surface area contributed by atoms with E-state index in [1.54, 1.807) is 19.3 Å². The number of anilines is 1. The fourth-order valence-electron chi connectivity index (χ4n) is 2.04. The molecule has 2 heterocycles. The summed E-state index contributed by atoms with van der Waals surface area (Å²) in [7, 11) is 1.65. The van der Waals surface area contributed by atoms with Crippen molar-refractivity contribution < 1.29 is 4.79 Å². The molecular formula is C12H17BrClN3O2. The van der Waals surface area contributed by atoms with Gasteiger partial charge in [-0.1, -0.05) is 6.42 Å². The zero-order chi connectivity index (χ0) is 13.1. The third-order valence-corrected chi connectivity index (χ3v) is 3.60. The van der Waals surface area contributed by atoms with Crippen LogP contribution in [0.25, 0.3) is 0 Å². The fourth-order valence-corrected chi connectivity index (χ4v) is 2.57. The molecule has 1 fully saturated rings. The Balaban J connectivity index is 0.00000180. The number of aryl methyl sites for hydroxylation is 1. The van der Waals surface area contributed by atoms with E-state index in [2.05, 4.69) is 26.6 Å². The highest BCUT2D eigenvalue weighted by atomic mass is 79.9. The maximum absolute atomic E-state index is 12.0. The van der Waals surface area contributed by atoms with Gasteiger partial charge in [-0.25, -0.2) is 0 Å². The molecule has 1 aliphatic heterocycles. The summed E-state index contributed by atoms with van der Waals surface area (Å²) in [6.07, 6.45) is 4.67. The minimum atomic E-state index is -0.130. The first-order chi connectivity index (χ1) is 8.58. The van der Waals surface area contributed by atoms with Crippen molar-refractivity contribution in [3.63, 3.8) is 0 Å². The lowest BCUT2D eigenvalue weighted by Crippen LogP contribution is -2.43. The van der Waals surface area contributed by atoms with Gasteiger partial charge >= 0.3 is 0 Å². The van der Waals surface area contributed by atoms with Gasteiger partial charge < -0.3 is 15.2 Å². The Hall–Kier alpha value is -0.850. The Kier molecular flexibility index (Phi) is 6.03. The molecular weight excluding hydrogens is 334 g/mol. The molecule has 1 aromatic heterocycles. The molecule has 0 radical (unpaired) electrons. The average molecular weight is 351 g/mol. The van der Waals surface area contributed by atoms with Crippen LogP contribution in [0, 0.1) is 0 Å². The highest BCUT2D eigenvalue weighted by Crippen LogP contribution is 2.13. The van der Waals surface area contributed by atoms with Crippen LogP contribution in [0.1, 0.15) is 19.3 Å². The monoisotopic (exact) mass is 349 g/mol. The first-order valence-corrected chi connectivity index (χ1v) is 6.77. The van der Waals surface area contributed by atoms with Crippen molar-refractivity contribution in [2.24, 2.45) is 7.05 Å². The summed E-state index contributed by atoms with van der Waals surface area (Å²) in [6, 6.07) is 1.50. The van der Waals surface area contributed by atoms with Crippen molar-refractivity contribution in [1.82, 2.24) is 9.88 Å². The van der Waals surface area contributed by atoms with Gasteiger partial charge in [0.05, 0.1) is 16.2 Å². The zero-order valence-electron chi connectivity index (χ0n) is 10.6. The molecule has 1 aromatic rings. The summed E-state index contributed by atoms with van der Waals surface area (Å²) in [5.41, 5.74) is 0.505. The van der Waals surface area contributed by atoms with Gasteiger partial charge in [0.15, 0.2) is 0 Å². The predicted octanol–water partition coefficient (Wildman–Crippen LogP) is 1.65. The number of pyridine rings is 1. The molecule has 2 rings (SSSR count). The van der Waals surface area contributed by atoms with E-state index in [4.69, 9.17) is 0 Å². The number of carbonyl (C=O) groups is 1. The summed E-state index contributed by atoms with van der Waals surface area (Å²) in [6.45, 7) is 0.884. The lowest BCUT2D eigenvalue weighted by atomic mass is 10.0. The second-order valence-corrected chi connectivity index (χ2v) is 5.34. The summed E-state index contributed by atoms with van der Waals surface area (Å²) < 4.78 is 1.88. The Bertz CT molecular complexity index is 486. The van der Waals surface area contributed by atoms with Crippen LogP contribution in [0.5, 0.6) is 0 Å². The normalized spacial score (nSPS) is 18.5. The van der Waals surface area contributed by atoms with Crippen LogP contribution in [0.3, 0.4) is 0 Å². The molecule has 1 aliphatic rings. The zero-order valence-corrected chi connectivity index (χ0v) is 13.0.